The van der Waals surface area contributed by atoms with E-state index in [1.165, 1.54) is 0 Å². The van der Waals surface area contributed by atoms with Crippen molar-refractivity contribution in [1.82, 2.24) is 29.1 Å². The third-order valence-electron chi connectivity index (χ3n) is 2.99. The van der Waals surface area contributed by atoms with Crippen LogP contribution >= 0.6 is 15.9 Å². The number of aromatic nitrogens is 6. The first-order valence-electron chi connectivity index (χ1n) is 6.10. The van der Waals surface area contributed by atoms with Crippen molar-refractivity contribution < 1.29 is 0 Å². The number of imidazole rings is 1. The van der Waals surface area contributed by atoms with Crippen molar-refractivity contribution in [2.24, 2.45) is 7.05 Å². The van der Waals surface area contributed by atoms with Gasteiger partial charge in [0, 0.05) is 19.4 Å². The van der Waals surface area contributed by atoms with Gasteiger partial charge in [-0.1, -0.05) is 0 Å². The molecular formula is C13H13BrN6. The first-order chi connectivity index (χ1) is 9.54. The Hall–Kier alpha value is -2.02. The summed E-state index contributed by atoms with van der Waals surface area (Å²) < 4.78 is 4.53. The molecule has 0 radical (unpaired) electrons. The summed E-state index contributed by atoms with van der Waals surface area (Å²) in [5, 5.41) is 4.45. The van der Waals surface area contributed by atoms with Crippen molar-refractivity contribution in [3.8, 4) is 0 Å². The van der Waals surface area contributed by atoms with E-state index in [0.29, 0.717) is 5.82 Å². The van der Waals surface area contributed by atoms with Gasteiger partial charge in [0.05, 0.1) is 11.4 Å². The van der Waals surface area contributed by atoms with Crippen LogP contribution in [0.5, 0.6) is 0 Å². The average molecular weight is 333 g/mol. The Morgan fingerprint density at radius 3 is 2.65 bits per heavy atom. The molecule has 3 aromatic heterocycles. The zero-order valence-electron chi connectivity index (χ0n) is 11.4. The average Bonchev–Trinajstić information content (AvgIpc) is 2.96. The predicted molar refractivity (Wildman–Crippen MR) is 80.1 cm³/mol. The Bertz CT molecular complexity index is 775. The molecule has 20 heavy (non-hydrogen) atoms. The normalized spacial score (nSPS) is 11.8. The number of hydrogen-bond donors (Lipinski definition) is 0. The van der Waals surface area contributed by atoms with Crippen molar-refractivity contribution in [2.75, 3.05) is 0 Å². The molecule has 6 nitrogen and oxygen atoms in total. The summed E-state index contributed by atoms with van der Waals surface area (Å²) in [6.07, 6.45) is 7.42. The van der Waals surface area contributed by atoms with Crippen LogP contribution in [-0.2, 0) is 7.05 Å². The second-order valence-corrected chi connectivity index (χ2v) is 5.37. The molecule has 0 saturated heterocycles. The molecule has 3 aromatic rings. The second-order valence-electron chi connectivity index (χ2n) is 4.56. The van der Waals surface area contributed by atoms with Gasteiger partial charge in [0.1, 0.15) is 10.4 Å². The van der Waals surface area contributed by atoms with Crippen LogP contribution in [0.3, 0.4) is 0 Å². The number of hydrogen-bond acceptors (Lipinski definition) is 4. The van der Waals surface area contributed by atoms with Crippen molar-refractivity contribution in [3.05, 3.63) is 40.0 Å². The largest absolute Gasteiger partial charge is 0.333 e. The van der Waals surface area contributed by atoms with Gasteiger partial charge in [0.25, 0.3) is 0 Å². The first kappa shape index (κ1) is 13.0. The Morgan fingerprint density at radius 2 is 2.00 bits per heavy atom. The third kappa shape index (κ3) is 2.24. The van der Waals surface area contributed by atoms with Crippen LogP contribution in [0.1, 0.15) is 23.0 Å². The SMILES string of the molecule is Cc1ncc(C)n2nc(/C=C/c3nc(Br)cn3C)nc12. The van der Waals surface area contributed by atoms with Crippen molar-refractivity contribution in [1.29, 1.82) is 0 Å². The molecule has 3 rings (SSSR count). The van der Waals surface area contributed by atoms with Gasteiger partial charge in [-0.2, -0.15) is 0 Å². The number of fused-ring (bicyclic) bond motifs is 1. The topological polar surface area (TPSA) is 60.9 Å². The molecule has 0 aliphatic carbocycles. The fourth-order valence-corrected chi connectivity index (χ4v) is 2.42. The smallest absolute Gasteiger partial charge is 0.177 e. The molecule has 0 fully saturated rings. The van der Waals surface area contributed by atoms with Gasteiger partial charge in [0.15, 0.2) is 11.5 Å². The lowest BCUT2D eigenvalue weighted by atomic mass is 10.4. The summed E-state index contributed by atoms with van der Waals surface area (Å²) in [5.74, 6) is 1.48. The Kier molecular flexibility index (Phi) is 3.13. The lowest BCUT2D eigenvalue weighted by Crippen LogP contribution is -1.97. The molecule has 0 bridgehead atoms. The van der Waals surface area contributed by atoms with E-state index in [2.05, 4.69) is 36.0 Å². The zero-order chi connectivity index (χ0) is 14.3. The van der Waals surface area contributed by atoms with Crippen LogP contribution in [0.15, 0.2) is 17.0 Å². The van der Waals surface area contributed by atoms with E-state index in [1.54, 1.807) is 10.7 Å². The third-order valence-corrected chi connectivity index (χ3v) is 3.37. The maximum Gasteiger partial charge on any atom is 0.177 e. The van der Waals surface area contributed by atoms with E-state index in [4.69, 9.17) is 0 Å². The number of aryl methyl sites for hydroxylation is 3. The minimum Gasteiger partial charge on any atom is -0.333 e. The van der Waals surface area contributed by atoms with Crippen LogP contribution < -0.4 is 0 Å². The van der Waals surface area contributed by atoms with Crippen molar-refractivity contribution >= 4 is 33.7 Å². The van der Waals surface area contributed by atoms with Crippen LogP contribution in [0.4, 0.5) is 0 Å². The highest BCUT2D eigenvalue weighted by atomic mass is 79.9. The van der Waals surface area contributed by atoms with Crippen LogP contribution in [0.2, 0.25) is 0 Å². The molecule has 3 heterocycles. The van der Waals surface area contributed by atoms with E-state index in [0.717, 1.165) is 27.5 Å². The molecule has 7 heteroatoms. The standard InChI is InChI=1S/C13H13BrN6/c1-8-6-15-9(2)13-17-11(18-20(8)13)4-5-12-16-10(14)7-19(12)3/h4-7H,1-3H3/b5-4+. The fourth-order valence-electron chi connectivity index (χ4n) is 1.93. The van der Waals surface area contributed by atoms with E-state index >= 15 is 0 Å². The summed E-state index contributed by atoms with van der Waals surface area (Å²) in [4.78, 5) is 13.1. The molecule has 0 aromatic carbocycles. The lowest BCUT2D eigenvalue weighted by molar-refractivity contribution is 0.883. The predicted octanol–water partition coefficient (Wildman–Crippen LogP) is 2.41. The summed E-state index contributed by atoms with van der Waals surface area (Å²) in [7, 11) is 1.94. The van der Waals surface area contributed by atoms with Crippen molar-refractivity contribution in [2.45, 2.75) is 13.8 Å². The molecule has 0 aliphatic heterocycles. The zero-order valence-corrected chi connectivity index (χ0v) is 13.0. The Labute approximate surface area is 124 Å². The molecule has 0 aliphatic rings. The van der Waals surface area contributed by atoms with Gasteiger partial charge in [0.2, 0.25) is 0 Å². The Balaban J connectivity index is 2.01. The van der Waals surface area contributed by atoms with Gasteiger partial charge >= 0.3 is 0 Å². The van der Waals surface area contributed by atoms with Crippen LogP contribution in [0, 0.1) is 13.8 Å². The van der Waals surface area contributed by atoms with Crippen molar-refractivity contribution in [3.63, 3.8) is 0 Å². The first-order valence-corrected chi connectivity index (χ1v) is 6.90. The number of nitrogens with zero attached hydrogens (tertiary/aromatic N) is 6. The summed E-state index contributed by atoms with van der Waals surface area (Å²) in [6.45, 7) is 3.88. The second kappa shape index (κ2) is 4.82. The number of halogens is 1. The molecule has 0 N–H and O–H groups in total. The highest BCUT2D eigenvalue weighted by Gasteiger charge is 2.07. The summed E-state index contributed by atoms with van der Waals surface area (Å²) >= 11 is 3.35. The lowest BCUT2D eigenvalue weighted by Gasteiger charge is -1.97. The Morgan fingerprint density at radius 1 is 1.20 bits per heavy atom. The minimum absolute atomic E-state index is 0.642. The highest BCUT2D eigenvalue weighted by Crippen LogP contribution is 2.12. The summed E-state index contributed by atoms with van der Waals surface area (Å²) in [6, 6.07) is 0. The molecule has 0 saturated carbocycles. The van der Waals surface area contributed by atoms with Gasteiger partial charge in [-0.3, -0.25) is 4.98 Å². The molecule has 0 unspecified atom stereocenters. The van der Waals surface area contributed by atoms with Crippen LogP contribution in [-0.4, -0.2) is 29.1 Å². The van der Waals surface area contributed by atoms with E-state index < -0.39 is 0 Å². The molecule has 0 amide bonds. The number of rotatable bonds is 2. The maximum atomic E-state index is 4.48. The molecular weight excluding hydrogens is 320 g/mol. The highest BCUT2D eigenvalue weighted by molar-refractivity contribution is 9.10. The van der Waals surface area contributed by atoms with E-state index in [-0.39, 0.29) is 0 Å². The van der Waals surface area contributed by atoms with E-state index in [9.17, 15) is 0 Å². The quantitative estimate of drug-likeness (QED) is 0.723. The van der Waals surface area contributed by atoms with Gasteiger partial charge in [-0.25, -0.2) is 14.5 Å². The van der Waals surface area contributed by atoms with Gasteiger partial charge in [-0.15, -0.1) is 5.10 Å². The monoisotopic (exact) mass is 332 g/mol. The maximum absolute atomic E-state index is 4.48. The van der Waals surface area contributed by atoms with E-state index in [1.807, 2.05) is 43.8 Å². The van der Waals surface area contributed by atoms with Gasteiger partial charge in [-0.05, 0) is 41.9 Å². The van der Waals surface area contributed by atoms with Crippen LogP contribution in [0.25, 0.3) is 17.8 Å². The minimum atomic E-state index is 0.642. The fraction of sp³-hybridized carbons (Fsp3) is 0.231. The molecule has 0 spiro atoms. The summed E-state index contributed by atoms with van der Waals surface area (Å²) in [5.41, 5.74) is 2.60. The molecule has 0 atom stereocenters. The molecule has 102 valence electrons. The van der Waals surface area contributed by atoms with Gasteiger partial charge < -0.3 is 4.57 Å².